The van der Waals surface area contributed by atoms with Crippen LogP contribution in [0, 0.1) is 5.92 Å². The van der Waals surface area contributed by atoms with Gasteiger partial charge in [0, 0.05) is 12.4 Å². The molecule has 0 spiro atoms. The van der Waals surface area contributed by atoms with Crippen LogP contribution in [0.5, 0.6) is 0 Å². The minimum absolute atomic E-state index is 0.209. The van der Waals surface area contributed by atoms with Crippen LogP contribution in [0.4, 0.5) is 0 Å². The van der Waals surface area contributed by atoms with Crippen molar-refractivity contribution in [3.8, 4) is 0 Å². The molecule has 114 valence electrons. The summed E-state index contributed by atoms with van der Waals surface area (Å²) in [5, 5.41) is 8.96. The van der Waals surface area contributed by atoms with Gasteiger partial charge in [0.15, 0.2) is 0 Å². The van der Waals surface area contributed by atoms with Gasteiger partial charge in [0.1, 0.15) is 6.04 Å². The Morgan fingerprint density at radius 1 is 1.10 bits per heavy atom. The van der Waals surface area contributed by atoms with Crippen molar-refractivity contribution < 1.29 is 9.90 Å². The lowest BCUT2D eigenvalue weighted by Gasteiger charge is -2.26. The van der Waals surface area contributed by atoms with Gasteiger partial charge in [-0.25, -0.2) is 0 Å². The lowest BCUT2D eigenvalue weighted by molar-refractivity contribution is -0.144. The van der Waals surface area contributed by atoms with Crippen LogP contribution in [-0.4, -0.2) is 40.1 Å². The topological polar surface area (TPSA) is 53.4 Å². The van der Waals surface area contributed by atoms with Gasteiger partial charge in [-0.15, -0.1) is 0 Å². The molecule has 20 heavy (non-hydrogen) atoms. The molecule has 0 amide bonds. The molecule has 1 unspecified atom stereocenters. The largest absolute Gasteiger partial charge is 0.480 e. The molecule has 1 saturated heterocycles. The normalized spacial score (nSPS) is 15.7. The molecule has 0 aromatic carbocycles. The highest BCUT2D eigenvalue weighted by molar-refractivity contribution is 5.73. The van der Waals surface area contributed by atoms with Gasteiger partial charge in [0.25, 0.3) is 0 Å². The average molecular weight is 280 g/mol. The summed E-state index contributed by atoms with van der Waals surface area (Å²) < 4.78 is 0. The van der Waals surface area contributed by atoms with Crippen LogP contribution >= 0.6 is 0 Å². The summed E-state index contributed by atoms with van der Waals surface area (Å²) in [4.78, 5) is 16.7. The summed E-state index contributed by atoms with van der Waals surface area (Å²) in [6, 6.07) is 5.44. The number of aliphatic carboxylic acids is 1. The van der Waals surface area contributed by atoms with Crippen molar-refractivity contribution in [2.24, 2.45) is 5.92 Å². The SMILES string of the molecule is CC.CC(C)C(C(=O)O)N1CCCC1.c1ccncc1. The molecule has 1 aliphatic rings. The maximum absolute atomic E-state index is 10.9. The quantitative estimate of drug-likeness (QED) is 0.923. The van der Waals surface area contributed by atoms with Gasteiger partial charge in [-0.2, -0.15) is 0 Å². The molecule has 4 heteroatoms. The predicted molar refractivity (Wildman–Crippen MR) is 82.7 cm³/mol. The summed E-state index contributed by atoms with van der Waals surface area (Å²) in [6.45, 7) is 9.85. The Bertz CT molecular complexity index is 309. The molecule has 1 atom stereocenters. The highest BCUT2D eigenvalue weighted by Gasteiger charge is 2.30. The lowest BCUT2D eigenvalue weighted by Crippen LogP contribution is -2.42. The molecule has 1 N–H and O–H groups in total. The first kappa shape index (κ1) is 18.6. The Hall–Kier alpha value is -1.42. The second-order valence-corrected chi connectivity index (χ2v) is 4.79. The third kappa shape index (κ3) is 7.24. The van der Waals surface area contributed by atoms with Gasteiger partial charge >= 0.3 is 5.97 Å². The lowest BCUT2D eigenvalue weighted by atomic mass is 10.0. The molecular formula is C16H28N2O2. The van der Waals surface area contributed by atoms with Crippen LogP contribution in [0.1, 0.15) is 40.5 Å². The van der Waals surface area contributed by atoms with Gasteiger partial charge in [-0.05, 0) is 44.0 Å². The standard InChI is InChI=1S/C9H17NO2.C5H5N.C2H6/c1-7(2)8(9(11)12)10-5-3-4-6-10;1-2-4-6-5-3-1;1-2/h7-8H,3-6H2,1-2H3,(H,11,12);1-5H;1-2H3. The first-order valence-corrected chi connectivity index (χ1v) is 7.44. The Balaban J connectivity index is 0.000000377. The van der Waals surface area contributed by atoms with E-state index in [9.17, 15) is 4.79 Å². The number of carbonyl (C=O) groups is 1. The number of pyridine rings is 1. The third-order valence-corrected chi connectivity index (χ3v) is 2.99. The van der Waals surface area contributed by atoms with E-state index in [1.807, 2.05) is 45.9 Å². The van der Waals surface area contributed by atoms with Gasteiger partial charge in [-0.1, -0.05) is 33.8 Å². The zero-order valence-corrected chi connectivity index (χ0v) is 13.1. The average Bonchev–Trinajstić information content (AvgIpc) is 2.96. The van der Waals surface area contributed by atoms with E-state index in [4.69, 9.17) is 5.11 Å². The summed E-state index contributed by atoms with van der Waals surface area (Å²) in [5.74, 6) is -0.465. The van der Waals surface area contributed by atoms with E-state index in [1.165, 1.54) is 0 Å². The number of rotatable bonds is 3. The van der Waals surface area contributed by atoms with Crippen molar-refractivity contribution >= 4 is 5.97 Å². The molecule has 1 aromatic heterocycles. The smallest absolute Gasteiger partial charge is 0.321 e. The van der Waals surface area contributed by atoms with Gasteiger partial charge in [-0.3, -0.25) is 14.7 Å². The van der Waals surface area contributed by atoms with Crippen LogP contribution in [0.25, 0.3) is 0 Å². The minimum atomic E-state index is -0.674. The van der Waals surface area contributed by atoms with Crippen molar-refractivity contribution in [1.82, 2.24) is 9.88 Å². The molecular weight excluding hydrogens is 252 g/mol. The Kier molecular flexibility index (Phi) is 10.6. The molecule has 0 saturated carbocycles. The van der Waals surface area contributed by atoms with E-state index in [2.05, 4.69) is 9.88 Å². The van der Waals surface area contributed by atoms with Crippen molar-refractivity contribution in [2.45, 2.75) is 46.6 Å². The molecule has 2 rings (SSSR count). The van der Waals surface area contributed by atoms with E-state index in [0.29, 0.717) is 0 Å². The maximum Gasteiger partial charge on any atom is 0.321 e. The highest BCUT2D eigenvalue weighted by Crippen LogP contribution is 2.17. The molecule has 1 aliphatic heterocycles. The molecule has 2 heterocycles. The van der Waals surface area contributed by atoms with Crippen LogP contribution in [0.3, 0.4) is 0 Å². The molecule has 0 radical (unpaired) electrons. The predicted octanol–water partition coefficient (Wildman–Crippen LogP) is 3.30. The van der Waals surface area contributed by atoms with E-state index in [-0.39, 0.29) is 12.0 Å². The third-order valence-electron chi connectivity index (χ3n) is 2.99. The first-order chi connectivity index (χ1) is 9.63. The van der Waals surface area contributed by atoms with Crippen LogP contribution < -0.4 is 0 Å². The Labute approximate surface area is 122 Å². The van der Waals surface area contributed by atoms with Crippen LogP contribution in [-0.2, 0) is 4.79 Å². The highest BCUT2D eigenvalue weighted by atomic mass is 16.4. The van der Waals surface area contributed by atoms with Crippen LogP contribution in [0.2, 0.25) is 0 Å². The summed E-state index contributed by atoms with van der Waals surface area (Å²) in [7, 11) is 0. The summed E-state index contributed by atoms with van der Waals surface area (Å²) >= 11 is 0. The zero-order valence-electron chi connectivity index (χ0n) is 13.1. The number of hydrogen-bond acceptors (Lipinski definition) is 3. The fourth-order valence-electron chi connectivity index (χ4n) is 2.20. The van der Waals surface area contributed by atoms with Gasteiger partial charge in [0.05, 0.1) is 0 Å². The van der Waals surface area contributed by atoms with Crippen molar-refractivity contribution in [3.05, 3.63) is 30.6 Å². The van der Waals surface area contributed by atoms with Crippen molar-refractivity contribution in [1.29, 1.82) is 0 Å². The number of carboxylic acids is 1. The molecule has 4 nitrogen and oxygen atoms in total. The maximum atomic E-state index is 10.9. The Morgan fingerprint density at radius 3 is 1.85 bits per heavy atom. The minimum Gasteiger partial charge on any atom is -0.480 e. The molecule has 0 bridgehead atoms. The van der Waals surface area contributed by atoms with Crippen molar-refractivity contribution in [3.63, 3.8) is 0 Å². The zero-order chi connectivity index (χ0) is 15.4. The van der Waals surface area contributed by atoms with E-state index < -0.39 is 5.97 Å². The summed E-state index contributed by atoms with van der Waals surface area (Å²) in [5.41, 5.74) is 0. The first-order valence-electron chi connectivity index (χ1n) is 7.44. The second kappa shape index (κ2) is 11.4. The van der Waals surface area contributed by atoms with E-state index in [1.54, 1.807) is 12.4 Å². The van der Waals surface area contributed by atoms with E-state index in [0.717, 1.165) is 25.9 Å². The second-order valence-electron chi connectivity index (χ2n) is 4.79. The number of nitrogens with zero attached hydrogens (tertiary/aromatic N) is 2. The summed E-state index contributed by atoms with van der Waals surface area (Å²) in [6.07, 6.45) is 5.80. The molecule has 0 aliphatic carbocycles. The number of aromatic nitrogens is 1. The van der Waals surface area contributed by atoms with Gasteiger partial charge in [0.2, 0.25) is 0 Å². The van der Waals surface area contributed by atoms with E-state index >= 15 is 0 Å². The fraction of sp³-hybridized carbons (Fsp3) is 0.625. The number of hydrogen-bond donors (Lipinski definition) is 1. The fourth-order valence-corrected chi connectivity index (χ4v) is 2.20. The van der Waals surface area contributed by atoms with Crippen LogP contribution in [0.15, 0.2) is 30.6 Å². The molecule has 1 fully saturated rings. The number of likely N-dealkylation sites (tertiary alicyclic amines) is 1. The van der Waals surface area contributed by atoms with Crippen molar-refractivity contribution in [2.75, 3.05) is 13.1 Å². The Morgan fingerprint density at radius 2 is 1.60 bits per heavy atom. The molecule has 1 aromatic rings. The monoisotopic (exact) mass is 280 g/mol. The van der Waals surface area contributed by atoms with Gasteiger partial charge < -0.3 is 5.11 Å². The number of carboxylic acid groups (broad SMARTS) is 1.